The van der Waals surface area contributed by atoms with Gasteiger partial charge in [-0.05, 0) is 24.3 Å². The van der Waals surface area contributed by atoms with Crippen molar-refractivity contribution in [3.05, 3.63) is 28.7 Å². The second-order valence-electron chi connectivity index (χ2n) is 1.76. The predicted octanol–water partition coefficient (Wildman–Crippen LogP) is 5.18. The molecule has 1 nitrogen and oxygen atoms in total. The topological polar surface area (TPSA) is 12.0 Å². The number of rotatable bonds is 1. The molecule has 0 fully saturated rings. The summed E-state index contributed by atoms with van der Waals surface area (Å²) in [6.45, 7) is 8.00. The fourth-order valence-corrected chi connectivity index (χ4v) is 0.881. The molecule has 84 valence electrons. The summed E-state index contributed by atoms with van der Waals surface area (Å²) in [7, 11) is 1.91. The van der Waals surface area contributed by atoms with Gasteiger partial charge in [0.05, 0.1) is 0 Å². The lowest BCUT2D eigenvalue weighted by Gasteiger charge is -1.96. The summed E-state index contributed by atoms with van der Waals surface area (Å²) >= 11 is 3.35. The zero-order chi connectivity index (χ0) is 10.7. The molecule has 0 heterocycles. The predicted molar refractivity (Wildman–Crippen MR) is 73.1 cm³/mol. The Morgan fingerprint density at radius 3 is 1.57 bits per heavy atom. The lowest BCUT2D eigenvalue weighted by atomic mass is 10.3. The van der Waals surface area contributed by atoms with Crippen LogP contribution in [-0.2, 0) is 0 Å². The number of hydrogen-bond donors (Lipinski definition) is 1. The van der Waals surface area contributed by atoms with Gasteiger partial charge in [0.15, 0.2) is 0 Å². The molecule has 0 aliphatic heterocycles. The van der Waals surface area contributed by atoms with Crippen molar-refractivity contribution in [1.82, 2.24) is 0 Å². The molecule has 0 aliphatic carbocycles. The van der Waals surface area contributed by atoms with Gasteiger partial charge in [0.25, 0.3) is 0 Å². The number of nitrogens with one attached hydrogen (secondary N) is 1. The molecule has 0 spiro atoms. The first-order valence-corrected chi connectivity index (χ1v) is 5.55. The minimum atomic E-state index is 0. The van der Waals surface area contributed by atoms with Crippen molar-refractivity contribution in [1.29, 1.82) is 0 Å². The highest BCUT2D eigenvalue weighted by atomic mass is 79.9. The minimum absolute atomic E-state index is 0. The average Bonchev–Trinajstić information content (AvgIpc) is 2.25. The van der Waals surface area contributed by atoms with Crippen LogP contribution in [0, 0.1) is 0 Å². The Bertz CT molecular complexity index is 182. The molecule has 2 heteroatoms. The Labute approximate surface area is 98.1 Å². The van der Waals surface area contributed by atoms with Crippen molar-refractivity contribution in [3.8, 4) is 0 Å². The van der Waals surface area contributed by atoms with E-state index in [9.17, 15) is 0 Å². The summed E-state index contributed by atoms with van der Waals surface area (Å²) in [5.74, 6) is 0. The van der Waals surface area contributed by atoms with Crippen LogP contribution in [-0.4, -0.2) is 7.05 Å². The standard InChI is InChI=1S/C7H8BrN.2C2H6.CH4/c1-9-7-4-2-6(8)3-5-7;2*1-2;/h2-5,9H,1H3;2*1-2H3;1H4. The molecule has 0 bridgehead atoms. The van der Waals surface area contributed by atoms with E-state index >= 15 is 0 Å². The first-order valence-electron chi connectivity index (χ1n) is 4.76. The maximum atomic E-state index is 3.35. The van der Waals surface area contributed by atoms with E-state index in [-0.39, 0.29) is 7.43 Å². The third-order valence-electron chi connectivity index (χ3n) is 1.13. The third kappa shape index (κ3) is 9.59. The second-order valence-corrected chi connectivity index (χ2v) is 2.67. The maximum absolute atomic E-state index is 3.35. The van der Waals surface area contributed by atoms with Gasteiger partial charge in [-0.3, -0.25) is 0 Å². The Morgan fingerprint density at radius 1 is 0.929 bits per heavy atom. The monoisotopic (exact) mass is 261 g/mol. The molecule has 0 radical (unpaired) electrons. The lowest BCUT2D eigenvalue weighted by Crippen LogP contribution is -1.85. The van der Waals surface area contributed by atoms with Gasteiger partial charge in [-0.15, -0.1) is 0 Å². The van der Waals surface area contributed by atoms with E-state index in [2.05, 4.69) is 21.2 Å². The summed E-state index contributed by atoms with van der Waals surface area (Å²) in [5.41, 5.74) is 1.14. The smallest absolute Gasteiger partial charge is 0.0338 e. The Balaban J connectivity index is -0.000000216. The molecule has 1 N–H and O–H groups in total. The van der Waals surface area contributed by atoms with Crippen molar-refractivity contribution in [2.75, 3.05) is 12.4 Å². The van der Waals surface area contributed by atoms with Crippen LogP contribution in [0.5, 0.6) is 0 Å². The molecular formula is C12H24BrN. The Morgan fingerprint density at radius 2 is 1.29 bits per heavy atom. The van der Waals surface area contributed by atoms with Gasteiger partial charge >= 0.3 is 0 Å². The molecule has 1 aromatic carbocycles. The van der Waals surface area contributed by atoms with Gasteiger partial charge in [0.2, 0.25) is 0 Å². The molecule has 0 unspecified atom stereocenters. The van der Waals surface area contributed by atoms with E-state index in [0.29, 0.717) is 0 Å². The number of benzene rings is 1. The first-order chi connectivity index (χ1) is 6.33. The van der Waals surface area contributed by atoms with Crippen molar-refractivity contribution in [2.45, 2.75) is 35.1 Å². The summed E-state index contributed by atoms with van der Waals surface area (Å²) in [4.78, 5) is 0. The molecule has 0 saturated heterocycles. The molecule has 1 aromatic rings. The van der Waals surface area contributed by atoms with Crippen molar-refractivity contribution >= 4 is 21.6 Å². The van der Waals surface area contributed by atoms with Crippen molar-refractivity contribution < 1.29 is 0 Å². The van der Waals surface area contributed by atoms with Crippen molar-refractivity contribution in [2.24, 2.45) is 0 Å². The fourth-order valence-electron chi connectivity index (χ4n) is 0.617. The van der Waals surface area contributed by atoms with Crippen LogP contribution in [0.15, 0.2) is 28.7 Å². The van der Waals surface area contributed by atoms with Crippen LogP contribution in [0.3, 0.4) is 0 Å². The van der Waals surface area contributed by atoms with Gasteiger partial charge in [-0.1, -0.05) is 51.1 Å². The van der Waals surface area contributed by atoms with Crippen LogP contribution in [0.2, 0.25) is 0 Å². The van der Waals surface area contributed by atoms with E-state index in [4.69, 9.17) is 0 Å². The van der Waals surface area contributed by atoms with Crippen LogP contribution >= 0.6 is 15.9 Å². The fraction of sp³-hybridized carbons (Fsp3) is 0.500. The van der Waals surface area contributed by atoms with Gasteiger partial charge < -0.3 is 5.32 Å². The zero-order valence-electron chi connectivity index (χ0n) is 9.19. The van der Waals surface area contributed by atoms with E-state index in [1.54, 1.807) is 0 Å². The third-order valence-corrected chi connectivity index (χ3v) is 1.66. The maximum Gasteiger partial charge on any atom is 0.0338 e. The minimum Gasteiger partial charge on any atom is -0.388 e. The largest absolute Gasteiger partial charge is 0.388 e. The first kappa shape index (κ1) is 19.1. The Hall–Kier alpha value is -0.500. The summed E-state index contributed by atoms with van der Waals surface area (Å²) in [6, 6.07) is 8.05. The van der Waals surface area contributed by atoms with Gasteiger partial charge in [-0.25, -0.2) is 0 Å². The summed E-state index contributed by atoms with van der Waals surface area (Å²) in [5, 5.41) is 3.03. The molecule has 0 saturated carbocycles. The number of halogens is 1. The van der Waals surface area contributed by atoms with E-state index in [0.717, 1.165) is 10.2 Å². The Kier molecular flexibility index (Phi) is 20.5. The van der Waals surface area contributed by atoms with Crippen LogP contribution < -0.4 is 5.32 Å². The van der Waals surface area contributed by atoms with Gasteiger partial charge in [0.1, 0.15) is 0 Å². The van der Waals surface area contributed by atoms with E-state index in [1.165, 1.54) is 0 Å². The van der Waals surface area contributed by atoms with Crippen LogP contribution in [0.4, 0.5) is 5.69 Å². The molecule has 0 aromatic heterocycles. The molecular weight excluding hydrogens is 238 g/mol. The normalized spacial score (nSPS) is 6.71. The molecule has 14 heavy (non-hydrogen) atoms. The summed E-state index contributed by atoms with van der Waals surface area (Å²) in [6.07, 6.45) is 0. The van der Waals surface area contributed by atoms with Crippen molar-refractivity contribution in [3.63, 3.8) is 0 Å². The van der Waals surface area contributed by atoms with Crippen LogP contribution in [0.25, 0.3) is 0 Å². The second kappa shape index (κ2) is 15.0. The number of hydrogen-bond acceptors (Lipinski definition) is 1. The SMILES string of the molecule is C.CC.CC.CNc1ccc(Br)cc1. The molecule has 0 aliphatic rings. The highest BCUT2D eigenvalue weighted by molar-refractivity contribution is 9.10. The highest BCUT2D eigenvalue weighted by Gasteiger charge is 1.85. The van der Waals surface area contributed by atoms with Gasteiger partial charge in [-0.2, -0.15) is 0 Å². The highest BCUT2D eigenvalue weighted by Crippen LogP contribution is 2.12. The molecule has 0 amide bonds. The van der Waals surface area contributed by atoms with E-state index < -0.39 is 0 Å². The lowest BCUT2D eigenvalue weighted by molar-refractivity contribution is 1.50. The summed E-state index contributed by atoms with van der Waals surface area (Å²) < 4.78 is 1.11. The molecule has 0 atom stereocenters. The van der Waals surface area contributed by atoms with Crippen LogP contribution in [0.1, 0.15) is 35.1 Å². The average molecular weight is 262 g/mol. The molecule has 1 rings (SSSR count). The zero-order valence-corrected chi connectivity index (χ0v) is 10.8. The van der Waals surface area contributed by atoms with Gasteiger partial charge in [0, 0.05) is 17.2 Å². The quantitative estimate of drug-likeness (QED) is 0.735. The van der Waals surface area contributed by atoms with E-state index in [1.807, 2.05) is 59.0 Å². The number of anilines is 1.